The second-order valence-electron chi connectivity index (χ2n) is 4.66. The van der Waals surface area contributed by atoms with Gasteiger partial charge in [0, 0.05) is 17.8 Å². The zero-order chi connectivity index (χ0) is 16.2. The number of benzene rings is 2. The van der Waals surface area contributed by atoms with Gasteiger partial charge in [0.1, 0.15) is 5.75 Å². The number of amides is 1. The van der Waals surface area contributed by atoms with Crippen LogP contribution in [0.5, 0.6) is 17.2 Å². The van der Waals surface area contributed by atoms with E-state index in [0.29, 0.717) is 17.2 Å². The molecule has 0 radical (unpaired) electrons. The van der Waals surface area contributed by atoms with Crippen molar-refractivity contribution in [2.75, 3.05) is 18.7 Å². The van der Waals surface area contributed by atoms with E-state index in [-0.39, 0.29) is 24.8 Å². The number of rotatable bonds is 5. The Kier molecular flexibility index (Phi) is 3.96. The van der Waals surface area contributed by atoms with Gasteiger partial charge in [0.15, 0.2) is 18.1 Å². The molecule has 0 unspecified atom stereocenters. The first kappa shape index (κ1) is 14.6. The first-order valence-electron chi connectivity index (χ1n) is 6.68. The monoisotopic (exact) mass is 316 g/mol. The van der Waals surface area contributed by atoms with Gasteiger partial charge in [-0.15, -0.1) is 0 Å². The van der Waals surface area contributed by atoms with Crippen LogP contribution in [-0.2, 0) is 4.79 Å². The van der Waals surface area contributed by atoms with Crippen LogP contribution in [0.4, 0.5) is 11.4 Å². The normalized spacial score (nSPS) is 11.8. The minimum Gasteiger partial charge on any atom is -0.484 e. The Balaban J connectivity index is 1.57. The predicted octanol–water partition coefficient (Wildman–Crippen LogP) is 2.34. The van der Waals surface area contributed by atoms with E-state index in [4.69, 9.17) is 14.2 Å². The summed E-state index contributed by atoms with van der Waals surface area (Å²) in [6.45, 7) is -0.113. The number of anilines is 1. The molecule has 0 fully saturated rings. The molecule has 8 heteroatoms. The number of carbonyl (C=O) groups is 1. The minimum atomic E-state index is -0.528. The van der Waals surface area contributed by atoms with Crippen LogP contribution < -0.4 is 19.5 Å². The maximum atomic E-state index is 11.9. The van der Waals surface area contributed by atoms with Gasteiger partial charge in [-0.05, 0) is 18.2 Å². The second-order valence-corrected chi connectivity index (χ2v) is 4.66. The Labute approximate surface area is 130 Å². The lowest BCUT2D eigenvalue weighted by Crippen LogP contribution is -2.20. The van der Waals surface area contributed by atoms with Crippen molar-refractivity contribution in [1.29, 1.82) is 0 Å². The SMILES string of the molecule is O=C(COc1cccc([N+](=O)[O-])c1)Nc1ccc2c(c1)OCO2. The lowest BCUT2D eigenvalue weighted by Gasteiger charge is -2.08. The number of nitrogens with zero attached hydrogens (tertiary/aromatic N) is 1. The average Bonchev–Trinajstić information content (AvgIpc) is 3.01. The summed E-state index contributed by atoms with van der Waals surface area (Å²) >= 11 is 0. The molecule has 0 atom stereocenters. The lowest BCUT2D eigenvalue weighted by molar-refractivity contribution is -0.384. The first-order valence-corrected chi connectivity index (χ1v) is 6.68. The van der Waals surface area contributed by atoms with Crippen molar-refractivity contribution in [1.82, 2.24) is 0 Å². The maximum Gasteiger partial charge on any atom is 0.273 e. The van der Waals surface area contributed by atoms with Gasteiger partial charge in [0.25, 0.3) is 11.6 Å². The molecular weight excluding hydrogens is 304 g/mol. The molecule has 0 saturated carbocycles. The molecule has 1 aliphatic heterocycles. The minimum absolute atomic E-state index is 0.0984. The second kappa shape index (κ2) is 6.22. The van der Waals surface area contributed by atoms with Crippen LogP contribution in [0.15, 0.2) is 42.5 Å². The van der Waals surface area contributed by atoms with E-state index in [1.165, 1.54) is 18.2 Å². The van der Waals surface area contributed by atoms with Crippen molar-refractivity contribution in [3.05, 3.63) is 52.6 Å². The summed E-state index contributed by atoms with van der Waals surface area (Å²) in [5, 5.41) is 13.3. The molecule has 0 bridgehead atoms. The van der Waals surface area contributed by atoms with Crippen LogP contribution in [0.2, 0.25) is 0 Å². The summed E-state index contributed by atoms with van der Waals surface area (Å²) < 4.78 is 15.6. The maximum absolute atomic E-state index is 11.9. The van der Waals surface area contributed by atoms with E-state index in [9.17, 15) is 14.9 Å². The third-order valence-corrected chi connectivity index (χ3v) is 3.05. The van der Waals surface area contributed by atoms with E-state index in [1.54, 1.807) is 24.3 Å². The van der Waals surface area contributed by atoms with Crippen molar-refractivity contribution in [3.8, 4) is 17.2 Å². The summed E-state index contributed by atoms with van der Waals surface area (Å²) in [6.07, 6.45) is 0. The number of carbonyl (C=O) groups excluding carboxylic acids is 1. The summed E-state index contributed by atoms with van der Waals surface area (Å²) in [5.41, 5.74) is 0.445. The van der Waals surface area contributed by atoms with Crippen LogP contribution in [0.1, 0.15) is 0 Å². The number of ether oxygens (including phenoxy) is 3. The van der Waals surface area contributed by atoms with Crippen LogP contribution >= 0.6 is 0 Å². The highest BCUT2D eigenvalue weighted by Gasteiger charge is 2.14. The molecule has 0 aliphatic carbocycles. The van der Waals surface area contributed by atoms with Gasteiger partial charge in [-0.2, -0.15) is 0 Å². The van der Waals surface area contributed by atoms with Crippen molar-refractivity contribution >= 4 is 17.3 Å². The fourth-order valence-corrected chi connectivity index (χ4v) is 2.01. The van der Waals surface area contributed by atoms with E-state index >= 15 is 0 Å². The number of fused-ring (bicyclic) bond motifs is 1. The van der Waals surface area contributed by atoms with Gasteiger partial charge in [-0.1, -0.05) is 6.07 Å². The predicted molar refractivity (Wildman–Crippen MR) is 79.8 cm³/mol. The molecule has 2 aromatic rings. The van der Waals surface area contributed by atoms with E-state index in [2.05, 4.69) is 5.32 Å². The Hall–Kier alpha value is -3.29. The van der Waals surface area contributed by atoms with Crippen LogP contribution in [0, 0.1) is 10.1 Å². The Morgan fingerprint density at radius 3 is 2.87 bits per heavy atom. The smallest absolute Gasteiger partial charge is 0.273 e. The lowest BCUT2D eigenvalue weighted by atomic mass is 10.3. The van der Waals surface area contributed by atoms with Crippen LogP contribution in [0.25, 0.3) is 0 Å². The molecule has 3 rings (SSSR count). The van der Waals surface area contributed by atoms with Gasteiger partial charge >= 0.3 is 0 Å². The van der Waals surface area contributed by atoms with Crippen molar-refractivity contribution in [2.45, 2.75) is 0 Å². The molecule has 1 amide bonds. The molecule has 23 heavy (non-hydrogen) atoms. The Bertz CT molecular complexity index is 761. The number of hydrogen-bond donors (Lipinski definition) is 1. The van der Waals surface area contributed by atoms with Gasteiger partial charge < -0.3 is 19.5 Å². The molecule has 0 spiro atoms. The number of hydrogen-bond acceptors (Lipinski definition) is 6. The van der Waals surface area contributed by atoms with Gasteiger partial charge in [0.2, 0.25) is 6.79 Å². The van der Waals surface area contributed by atoms with Crippen molar-refractivity contribution in [3.63, 3.8) is 0 Å². The molecule has 1 aliphatic rings. The standard InChI is InChI=1S/C15H12N2O6/c18-15(8-21-12-3-1-2-11(7-12)17(19)20)16-10-4-5-13-14(6-10)23-9-22-13/h1-7H,8-9H2,(H,16,18). The first-order chi connectivity index (χ1) is 11.1. The zero-order valence-corrected chi connectivity index (χ0v) is 11.9. The molecular formula is C15H12N2O6. The van der Waals surface area contributed by atoms with Gasteiger partial charge in [-0.3, -0.25) is 14.9 Å². The van der Waals surface area contributed by atoms with Crippen LogP contribution in [-0.4, -0.2) is 24.2 Å². The third-order valence-electron chi connectivity index (χ3n) is 3.05. The highest BCUT2D eigenvalue weighted by molar-refractivity contribution is 5.92. The quantitative estimate of drug-likeness (QED) is 0.671. The third kappa shape index (κ3) is 3.49. The number of nitro groups is 1. The fraction of sp³-hybridized carbons (Fsp3) is 0.133. The summed E-state index contributed by atoms with van der Waals surface area (Å²) in [7, 11) is 0. The van der Waals surface area contributed by atoms with Crippen LogP contribution in [0.3, 0.4) is 0 Å². The largest absolute Gasteiger partial charge is 0.484 e. The fourth-order valence-electron chi connectivity index (χ4n) is 2.01. The molecule has 0 aromatic heterocycles. The van der Waals surface area contributed by atoms with E-state index in [0.717, 1.165) is 0 Å². The highest BCUT2D eigenvalue weighted by atomic mass is 16.7. The molecule has 0 saturated heterocycles. The number of nitro benzene ring substituents is 1. The molecule has 1 N–H and O–H groups in total. The van der Waals surface area contributed by atoms with Crippen molar-refractivity contribution in [2.24, 2.45) is 0 Å². The number of nitrogens with one attached hydrogen (secondary N) is 1. The Morgan fingerprint density at radius 1 is 1.22 bits per heavy atom. The summed E-state index contributed by atoms with van der Waals surface area (Å²) in [5.74, 6) is 1.04. The molecule has 118 valence electrons. The Morgan fingerprint density at radius 2 is 2.04 bits per heavy atom. The van der Waals surface area contributed by atoms with Crippen molar-refractivity contribution < 1.29 is 23.9 Å². The molecule has 8 nitrogen and oxygen atoms in total. The van der Waals surface area contributed by atoms with Gasteiger partial charge in [-0.25, -0.2) is 0 Å². The summed E-state index contributed by atoms with van der Waals surface area (Å²) in [6, 6.07) is 10.7. The summed E-state index contributed by atoms with van der Waals surface area (Å²) in [4.78, 5) is 22.0. The zero-order valence-electron chi connectivity index (χ0n) is 11.9. The number of non-ortho nitro benzene ring substituents is 1. The molecule has 1 heterocycles. The topological polar surface area (TPSA) is 99.9 Å². The van der Waals surface area contributed by atoms with E-state index in [1.807, 2.05) is 0 Å². The average molecular weight is 316 g/mol. The van der Waals surface area contributed by atoms with E-state index < -0.39 is 10.8 Å². The highest BCUT2D eigenvalue weighted by Crippen LogP contribution is 2.34. The van der Waals surface area contributed by atoms with Gasteiger partial charge in [0.05, 0.1) is 11.0 Å². The molecule has 2 aromatic carbocycles.